The van der Waals surface area contributed by atoms with Crippen LogP contribution in [0.1, 0.15) is 73.9 Å². The molecular formula is C15H21NO. The molecule has 92 valence electrons. The number of aliphatic hydroxyl groups is 1. The first-order chi connectivity index (χ1) is 8.34. The monoisotopic (exact) mass is 231 g/mol. The highest BCUT2D eigenvalue weighted by atomic mass is 16.3. The molecule has 3 rings (SSSR count). The Hall–Kier alpha value is -0.890. The third kappa shape index (κ3) is 2.23. The quantitative estimate of drug-likeness (QED) is 0.802. The van der Waals surface area contributed by atoms with Gasteiger partial charge in [0.1, 0.15) is 0 Å². The van der Waals surface area contributed by atoms with Gasteiger partial charge in [0.15, 0.2) is 0 Å². The number of hydrogen-bond acceptors (Lipinski definition) is 2. The summed E-state index contributed by atoms with van der Waals surface area (Å²) in [6.07, 6.45) is 9.45. The van der Waals surface area contributed by atoms with Gasteiger partial charge in [-0.3, -0.25) is 4.98 Å². The molecule has 2 aliphatic carbocycles. The maximum Gasteiger partial charge on any atom is 0.0807 e. The third-order valence-electron chi connectivity index (χ3n) is 4.30. The predicted octanol–water partition coefficient (Wildman–Crippen LogP) is 3.50. The summed E-state index contributed by atoms with van der Waals surface area (Å²) in [5.41, 5.74) is 3.51. The second-order valence-electron chi connectivity index (χ2n) is 5.51. The molecule has 2 nitrogen and oxygen atoms in total. The molecule has 1 N–H and O–H groups in total. The first-order valence-corrected chi connectivity index (χ1v) is 7.02. The van der Waals surface area contributed by atoms with Gasteiger partial charge in [-0.15, -0.1) is 0 Å². The lowest BCUT2D eigenvalue weighted by molar-refractivity contribution is 0.155. The number of rotatable bonds is 1. The average Bonchev–Trinajstić information content (AvgIpc) is 2.40. The van der Waals surface area contributed by atoms with Crippen LogP contribution in [0.25, 0.3) is 0 Å². The smallest absolute Gasteiger partial charge is 0.0807 e. The summed E-state index contributed by atoms with van der Waals surface area (Å²) in [5, 5.41) is 9.92. The molecule has 0 amide bonds. The molecule has 2 aliphatic rings. The van der Waals surface area contributed by atoms with E-state index in [-0.39, 0.29) is 6.10 Å². The minimum absolute atomic E-state index is 0.272. The lowest BCUT2D eigenvalue weighted by atomic mass is 9.85. The van der Waals surface area contributed by atoms with Crippen LogP contribution in [0.5, 0.6) is 0 Å². The van der Waals surface area contributed by atoms with Crippen LogP contribution in [0.2, 0.25) is 0 Å². The van der Waals surface area contributed by atoms with Crippen molar-refractivity contribution in [3.63, 3.8) is 0 Å². The van der Waals surface area contributed by atoms with Gasteiger partial charge < -0.3 is 5.11 Å². The van der Waals surface area contributed by atoms with E-state index < -0.39 is 0 Å². The Kier molecular flexibility index (Phi) is 3.15. The van der Waals surface area contributed by atoms with Crippen molar-refractivity contribution in [2.24, 2.45) is 0 Å². The van der Waals surface area contributed by atoms with Crippen LogP contribution in [0.4, 0.5) is 0 Å². The second kappa shape index (κ2) is 4.77. The van der Waals surface area contributed by atoms with E-state index >= 15 is 0 Å². The zero-order valence-electron chi connectivity index (χ0n) is 10.4. The van der Waals surface area contributed by atoms with Crippen molar-refractivity contribution in [1.29, 1.82) is 0 Å². The third-order valence-corrected chi connectivity index (χ3v) is 4.30. The maximum absolute atomic E-state index is 9.92. The minimum Gasteiger partial charge on any atom is -0.388 e. The standard InChI is InChI=1S/C15H21NO/c17-15-8-4-7-14-12(15)9-10-13(16-14)11-5-2-1-3-6-11/h9-11,15,17H,1-8H2. The topological polar surface area (TPSA) is 33.1 Å². The molecule has 1 aromatic heterocycles. The highest BCUT2D eigenvalue weighted by molar-refractivity contribution is 5.28. The van der Waals surface area contributed by atoms with Crippen LogP contribution >= 0.6 is 0 Å². The van der Waals surface area contributed by atoms with E-state index in [1.165, 1.54) is 37.8 Å². The molecule has 0 spiro atoms. The Morgan fingerprint density at radius 2 is 1.82 bits per heavy atom. The molecule has 1 atom stereocenters. The lowest BCUT2D eigenvalue weighted by Crippen LogP contribution is -2.14. The number of pyridine rings is 1. The maximum atomic E-state index is 9.92. The molecular weight excluding hydrogens is 210 g/mol. The van der Waals surface area contributed by atoms with E-state index in [1.807, 2.05) is 0 Å². The van der Waals surface area contributed by atoms with Crippen molar-refractivity contribution in [3.8, 4) is 0 Å². The van der Waals surface area contributed by atoms with Crippen molar-refractivity contribution in [2.75, 3.05) is 0 Å². The molecule has 0 bridgehead atoms. The van der Waals surface area contributed by atoms with Crippen molar-refractivity contribution in [2.45, 2.75) is 63.4 Å². The number of aromatic nitrogens is 1. The molecule has 0 aromatic carbocycles. The summed E-state index contributed by atoms with van der Waals surface area (Å²) in [6.45, 7) is 0. The molecule has 0 aliphatic heterocycles. The molecule has 2 heteroatoms. The van der Waals surface area contributed by atoms with Gasteiger partial charge >= 0.3 is 0 Å². The van der Waals surface area contributed by atoms with E-state index in [0.717, 1.165) is 30.5 Å². The van der Waals surface area contributed by atoms with Crippen LogP contribution in [-0.2, 0) is 6.42 Å². The largest absolute Gasteiger partial charge is 0.388 e. The zero-order valence-corrected chi connectivity index (χ0v) is 10.4. The van der Waals surface area contributed by atoms with Gasteiger partial charge in [0.2, 0.25) is 0 Å². The Balaban J connectivity index is 1.86. The molecule has 17 heavy (non-hydrogen) atoms. The van der Waals surface area contributed by atoms with Gasteiger partial charge in [0.25, 0.3) is 0 Å². The molecule has 1 aromatic rings. The lowest BCUT2D eigenvalue weighted by Gasteiger charge is -2.25. The fourth-order valence-corrected chi connectivity index (χ4v) is 3.28. The summed E-state index contributed by atoms with van der Waals surface area (Å²) in [7, 11) is 0. The number of aliphatic hydroxyl groups excluding tert-OH is 1. The Morgan fingerprint density at radius 1 is 1.00 bits per heavy atom. The summed E-state index contributed by atoms with van der Waals surface area (Å²) in [6, 6.07) is 4.28. The number of fused-ring (bicyclic) bond motifs is 1. The predicted molar refractivity (Wildman–Crippen MR) is 68.0 cm³/mol. The molecule has 1 fully saturated rings. The highest BCUT2D eigenvalue weighted by Gasteiger charge is 2.22. The van der Waals surface area contributed by atoms with Crippen LogP contribution in [0, 0.1) is 0 Å². The first kappa shape index (κ1) is 11.2. The summed E-state index contributed by atoms with van der Waals surface area (Å²) >= 11 is 0. The Morgan fingerprint density at radius 3 is 2.65 bits per heavy atom. The zero-order chi connectivity index (χ0) is 11.7. The van der Waals surface area contributed by atoms with Gasteiger partial charge in [0, 0.05) is 22.9 Å². The highest BCUT2D eigenvalue weighted by Crippen LogP contribution is 2.34. The minimum atomic E-state index is -0.272. The van der Waals surface area contributed by atoms with Crippen LogP contribution in [-0.4, -0.2) is 10.1 Å². The first-order valence-electron chi connectivity index (χ1n) is 7.02. The van der Waals surface area contributed by atoms with Gasteiger partial charge in [-0.1, -0.05) is 25.3 Å². The van der Waals surface area contributed by atoms with E-state index in [0.29, 0.717) is 5.92 Å². The fraction of sp³-hybridized carbons (Fsp3) is 0.667. The normalized spacial score (nSPS) is 25.6. The SMILES string of the molecule is OC1CCCc2nc(C3CCCCC3)ccc21. The molecule has 1 heterocycles. The summed E-state index contributed by atoms with van der Waals surface area (Å²) in [4.78, 5) is 4.83. The van der Waals surface area contributed by atoms with E-state index in [1.54, 1.807) is 0 Å². The van der Waals surface area contributed by atoms with Gasteiger partial charge in [-0.25, -0.2) is 0 Å². The van der Waals surface area contributed by atoms with Crippen LogP contribution in [0.15, 0.2) is 12.1 Å². The molecule has 0 saturated heterocycles. The van der Waals surface area contributed by atoms with Gasteiger partial charge in [-0.05, 0) is 38.2 Å². The summed E-state index contributed by atoms with van der Waals surface area (Å²) in [5.74, 6) is 0.674. The number of aryl methyl sites for hydroxylation is 1. The van der Waals surface area contributed by atoms with E-state index in [2.05, 4.69) is 12.1 Å². The molecule has 1 unspecified atom stereocenters. The van der Waals surface area contributed by atoms with E-state index in [9.17, 15) is 5.11 Å². The number of nitrogens with zero attached hydrogens (tertiary/aromatic N) is 1. The second-order valence-corrected chi connectivity index (χ2v) is 5.51. The van der Waals surface area contributed by atoms with Gasteiger partial charge in [-0.2, -0.15) is 0 Å². The van der Waals surface area contributed by atoms with Crippen molar-refractivity contribution < 1.29 is 5.11 Å². The molecule has 1 saturated carbocycles. The van der Waals surface area contributed by atoms with Crippen LogP contribution < -0.4 is 0 Å². The molecule has 0 radical (unpaired) electrons. The fourth-order valence-electron chi connectivity index (χ4n) is 3.28. The number of hydrogen-bond donors (Lipinski definition) is 1. The van der Waals surface area contributed by atoms with Crippen molar-refractivity contribution in [3.05, 3.63) is 29.1 Å². The van der Waals surface area contributed by atoms with Crippen molar-refractivity contribution >= 4 is 0 Å². The Labute approximate surface area is 103 Å². The van der Waals surface area contributed by atoms with Crippen molar-refractivity contribution in [1.82, 2.24) is 4.98 Å². The summed E-state index contributed by atoms with van der Waals surface area (Å²) < 4.78 is 0. The van der Waals surface area contributed by atoms with Crippen LogP contribution in [0.3, 0.4) is 0 Å². The van der Waals surface area contributed by atoms with E-state index in [4.69, 9.17) is 4.98 Å². The average molecular weight is 231 g/mol. The van der Waals surface area contributed by atoms with Gasteiger partial charge in [0.05, 0.1) is 6.10 Å². The Bertz CT molecular complexity index is 396.